The van der Waals surface area contributed by atoms with Crippen LogP contribution in [0.4, 0.5) is 0 Å². The van der Waals surface area contributed by atoms with E-state index in [4.69, 9.17) is 18.9 Å². The van der Waals surface area contributed by atoms with Gasteiger partial charge in [0.25, 0.3) is 0 Å². The fourth-order valence-electron chi connectivity index (χ4n) is 3.05. The van der Waals surface area contributed by atoms with Crippen molar-refractivity contribution in [3.63, 3.8) is 0 Å². The summed E-state index contributed by atoms with van der Waals surface area (Å²) < 4.78 is 21.9. The maximum Gasteiger partial charge on any atom is 0.311 e. The summed E-state index contributed by atoms with van der Waals surface area (Å²) in [6, 6.07) is 7.21. The lowest BCUT2D eigenvalue weighted by Gasteiger charge is -2.26. The smallest absolute Gasteiger partial charge is 0.311 e. The van der Waals surface area contributed by atoms with Gasteiger partial charge in [-0.1, -0.05) is 0 Å². The molecule has 0 spiro atoms. The number of hydrogen-bond donors (Lipinski definition) is 0. The van der Waals surface area contributed by atoms with E-state index in [0.717, 1.165) is 64.5 Å². The van der Waals surface area contributed by atoms with Gasteiger partial charge < -0.3 is 18.9 Å². The van der Waals surface area contributed by atoms with Gasteiger partial charge in [-0.15, -0.1) is 0 Å². The van der Waals surface area contributed by atoms with Crippen LogP contribution < -0.4 is 9.47 Å². The minimum Gasteiger partial charge on any atom is -0.492 e. The van der Waals surface area contributed by atoms with Crippen LogP contribution in [0.2, 0.25) is 0 Å². The first kappa shape index (κ1) is 18.2. The molecule has 0 amide bonds. The number of nitrogens with zero attached hydrogens (tertiary/aromatic N) is 1. The average Bonchev–Trinajstić information content (AvgIpc) is 3.16. The van der Waals surface area contributed by atoms with Gasteiger partial charge in [0.2, 0.25) is 0 Å². The molecule has 0 N–H and O–H groups in total. The van der Waals surface area contributed by atoms with Gasteiger partial charge in [-0.3, -0.25) is 9.69 Å². The molecular formula is C19H27NO5. The molecule has 2 aliphatic heterocycles. The molecule has 0 aromatic heterocycles. The molecule has 138 valence electrons. The minimum absolute atomic E-state index is 0.212. The third-order valence-corrected chi connectivity index (χ3v) is 4.53. The number of ether oxygens (including phenoxy) is 4. The van der Waals surface area contributed by atoms with Crippen molar-refractivity contribution in [3.05, 3.63) is 24.3 Å². The highest BCUT2D eigenvalue weighted by Crippen LogP contribution is 2.20. The topological polar surface area (TPSA) is 57.2 Å². The van der Waals surface area contributed by atoms with E-state index in [1.807, 2.05) is 12.1 Å². The van der Waals surface area contributed by atoms with Crippen molar-refractivity contribution in [2.45, 2.75) is 31.8 Å². The van der Waals surface area contributed by atoms with Gasteiger partial charge in [-0.25, -0.2) is 0 Å². The molecule has 1 aromatic carbocycles. The second-order valence-electron chi connectivity index (χ2n) is 6.42. The normalized spacial score (nSPS) is 21.2. The van der Waals surface area contributed by atoms with Gasteiger partial charge in [-0.05, 0) is 43.5 Å². The molecule has 2 aliphatic rings. The van der Waals surface area contributed by atoms with Gasteiger partial charge in [0, 0.05) is 32.7 Å². The van der Waals surface area contributed by atoms with Crippen LogP contribution in [-0.4, -0.2) is 63.0 Å². The van der Waals surface area contributed by atoms with Gasteiger partial charge in [0.15, 0.2) is 0 Å². The standard InChI is InChI=1S/C19H27NO5/c21-19(8-7-16-2-1-12-23-16)25-18-5-3-17(4-6-18)24-15-11-20-9-13-22-14-10-20/h3-6,16H,1-2,7-15H2/t16-/m1/s1. The molecule has 0 bridgehead atoms. The van der Waals surface area contributed by atoms with Crippen LogP contribution in [-0.2, 0) is 14.3 Å². The molecular weight excluding hydrogens is 322 g/mol. The fraction of sp³-hybridized carbons (Fsp3) is 0.632. The molecule has 2 heterocycles. The van der Waals surface area contributed by atoms with Crippen molar-refractivity contribution in [1.29, 1.82) is 0 Å². The van der Waals surface area contributed by atoms with E-state index in [0.29, 0.717) is 18.8 Å². The Bertz CT molecular complexity index is 521. The third kappa shape index (κ3) is 6.30. The van der Waals surface area contributed by atoms with Crippen molar-refractivity contribution in [2.24, 2.45) is 0 Å². The molecule has 0 saturated carbocycles. The van der Waals surface area contributed by atoms with Gasteiger partial charge in [-0.2, -0.15) is 0 Å². The lowest BCUT2D eigenvalue weighted by Crippen LogP contribution is -2.38. The van der Waals surface area contributed by atoms with Crippen LogP contribution in [0.1, 0.15) is 25.7 Å². The molecule has 6 nitrogen and oxygen atoms in total. The second kappa shape index (κ2) is 9.75. The molecule has 6 heteroatoms. The SMILES string of the molecule is O=C(CC[C@H]1CCCO1)Oc1ccc(OCCN2CCOCC2)cc1. The van der Waals surface area contributed by atoms with Gasteiger partial charge >= 0.3 is 5.97 Å². The van der Waals surface area contributed by atoms with Crippen LogP contribution in [0.5, 0.6) is 11.5 Å². The Morgan fingerprint density at radius 2 is 1.88 bits per heavy atom. The number of rotatable bonds is 8. The fourth-order valence-corrected chi connectivity index (χ4v) is 3.05. The lowest BCUT2D eigenvalue weighted by molar-refractivity contribution is -0.135. The highest BCUT2D eigenvalue weighted by atomic mass is 16.5. The quantitative estimate of drug-likeness (QED) is 0.530. The van der Waals surface area contributed by atoms with E-state index in [9.17, 15) is 4.79 Å². The first-order valence-corrected chi connectivity index (χ1v) is 9.15. The summed E-state index contributed by atoms with van der Waals surface area (Å²) in [7, 11) is 0. The Balaban J connectivity index is 1.34. The summed E-state index contributed by atoms with van der Waals surface area (Å²) in [5.74, 6) is 1.13. The zero-order valence-electron chi connectivity index (χ0n) is 14.7. The minimum atomic E-state index is -0.212. The molecule has 2 saturated heterocycles. The second-order valence-corrected chi connectivity index (χ2v) is 6.42. The van der Waals surface area contributed by atoms with Crippen LogP contribution in [0, 0.1) is 0 Å². The number of carbonyl (C=O) groups is 1. The first-order chi connectivity index (χ1) is 12.3. The van der Waals surface area contributed by atoms with Gasteiger partial charge in [0.1, 0.15) is 18.1 Å². The predicted octanol–water partition coefficient (Wildman–Crippen LogP) is 2.26. The summed E-state index contributed by atoms with van der Waals surface area (Å²) in [6.45, 7) is 5.87. The predicted molar refractivity (Wildman–Crippen MR) is 93.0 cm³/mol. The van der Waals surface area contributed by atoms with Crippen LogP contribution in [0.25, 0.3) is 0 Å². The molecule has 1 atom stereocenters. The number of benzene rings is 1. The molecule has 1 aromatic rings. The number of carbonyl (C=O) groups excluding carboxylic acids is 1. The largest absolute Gasteiger partial charge is 0.492 e. The van der Waals surface area contributed by atoms with Crippen molar-refractivity contribution in [1.82, 2.24) is 4.90 Å². The van der Waals surface area contributed by atoms with Crippen molar-refractivity contribution in [2.75, 3.05) is 46.1 Å². The van der Waals surface area contributed by atoms with E-state index in [2.05, 4.69) is 4.90 Å². The Morgan fingerprint density at radius 3 is 2.60 bits per heavy atom. The van der Waals surface area contributed by atoms with Crippen molar-refractivity contribution >= 4 is 5.97 Å². The van der Waals surface area contributed by atoms with Gasteiger partial charge in [0.05, 0.1) is 19.3 Å². The summed E-state index contributed by atoms with van der Waals surface area (Å²) in [5.41, 5.74) is 0. The number of morpholine rings is 1. The molecule has 25 heavy (non-hydrogen) atoms. The Morgan fingerprint density at radius 1 is 1.12 bits per heavy atom. The van der Waals surface area contributed by atoms with E-state index in [1.54, 1.807) is 12.1 Å². The first-order valence-electron chi connectivity index (χ1n) is 9.15. The molecule has 0 aliphatic carbocycles. The zero-order valence-corrected chi connectivity index (χ0v) is 14.7. The van der Waals surface area contributed by atoms with E-state index >= 15 is 0 Å². The number of hydrogen-bond acceptors (Lipinski definition) is 6. The average molecular weight is 349 g/mol. The summed E-state index contributed by atoms with van der Waals surface area (Å²) >= 11 is 0. The van der Waals surface area contributed by atoms with Crippen molar-refractivity contribution in [3.8, 4) is 11.5 Å². The zero-order chi connectivity index (χ0) is 17.3. The molecule has 0 unspecified atom stereocenters. The third-order valence-electron chi connectivity index (χ3n) is 4.53. The van der Waals surface area contributed by atoms with Crippen LogP contribution in [0.15, 0.2) is 24.3 Å². The summed E-state index contributed by atoms with van der Waals surface area (Å²) in [5, 5.41) is 0. The summed E-state index contributed by atoms with van der Waals surface area (Å²) in [4.78, 5) is 14.2. The highest BCUT2D eigenvalue weighted by Gasteiger charge is 2.17. The Hall–Kier alpha value is -1.63. The van der Waals surface area contributed by atoms with E-state index in [-0.39, 0.29) is 12.1 Å². The molecule has 2 fully saturated rings. The van der Waals surface area contributed by atoms with Crippen LogP contribution >= 0.6 is 0 Å². The molecule has 0 radical (unpaired) electrons. The molecule has 3 rings (SSSR count). The highest BCUT2D eigenvalue weighted by molar-refractivity contribution is 5.72. The Labute approximate surface area is 149 Å². The maximum absolute atomic E-state index is 11.9. The lowest BCUT2D eigenvalue weighted by atomic mass is 10.1. The van der Waals surface area contributed by atoms with E-state index in [1.165, 1.54) is 0 Å². The number of esters is 1. The van der Waals surface area contributed by atoms with Crippen LogP contribution in [0.3, 0.4) is 0 Å². The van der Waals surface area contributed by atoms with E-state index < -0.39 is 0 Å². The maximum atomic E-state index is 11.9. The van der Waals surface area contributed by atoms with Crippen molar-refractivity contribution < 1.29 is 23.7 Å². The monoisotopic (exact) mass is 349 g/mol. The Kier molecular flexibility index (Phi) is 7.09. The summed E-state index contributed by atoms with van der Waals surface area (Å²) in [6.07, 6.45) is 3.48.